The quantitative estimate of drug-likeness (QED) is 0.115. The zero-order chi connectivity index (χ0) is 34.9. The number of nitrogens with zero attached hydrogens (tertiary/aromatic N) is 2. The molecule has 4 aromatic carbocycles. The monoisotopic (exact) mass is 713 g/mol. The third-order valence-corrected chi connectivity index (χ3v) is 11.0. The average molecular weight is 714 g/mol. The van der Waals surface area contributed by atoms with E-state index in [-0.39, 0.29) is 18.3 Å². The van der Waals surface area contributed by atoms with Gasteiger partial charge in [-0.2, -0.15) is 0 Å². The van der Waals surface area contributed by atoms with Gasteiger partial charge in [0.05, 0.1) is 31.1 Å². The lowest BCUT2D eigenvalue weighted by atomic mass is 9.97. The molecule has 0 bridgehead atoms. The lowest BCUT2D eigenvalue weighted by molar-refractivity contribution is 0.0600. The van der Waals surface area contributed by atoms with E-state index < -0.39 is 16.0 Å². The second kappa shape index (κ2) is 16.7. The maximum atomic E-state index is 13.2. The SMILES string of the molecule is COC(=O)c1ccc(OCCc2c(CCNS(=O)(=O)CCN3CCCCC3)n(C(c3ccccc3)c3ccccc3)c3ccc(Cl)cc23)cc1. The molecular formula is C40H44ClN3O5S. The van der Waals surface area contributed by atoms with Gasteiger partial charge in [-0.15, -0.1) is 0 Å². The Hall–Kier alpha value is -4.15. The Kier molecular flexibility index (Phi) is 11.9. The van der Waals surface area contributed by atoms with Crippen molar-refractivity contribution in [2.24, 2.45) is 0 Å². The van der Waals surface area contributed by atoms with Crippen LogP contribution in [-0.4, -0.2) is 69.5 Å². The van der Waals surface area contributed by atoms with Gasteiger partial charge in [0.15, 0.2) is 0 Å². The molecule has 262 valence electrons. The van der Waals surface area contributed by atoms with Crippen molar-refractivity contribution in [3.05, 3.63) is 136 Å². The molecule has 10 heteroatoms. The standard InChI is InChI=1S/C40H44ClN3O5S/c1-48-40(45)32-15-18-34(19-16-32)49-27-22-35-36-29-33(41)17-20-37(36)44(39(30-11-5-2-6-12-30)31-13-7-3-8-14-31)38(35)21-23-42-50(46,47)28-26-43-24-9-4-10-25-43/h2-3,5-8,11-20,29,39,42H,4,9-10,21-28H2,1H3. The number of likely N-dealkylation sites (tertiary alicyclic amines) is 1. The molecule has 5 aromatic rings. The summed E-state index contributed by atoms with van der Waals surface area (Å²) in [6, 6.07) is 33.4. The number of esters is 1. The van der Waals surface area contributed by atoms with E-state index in [1.807, 2.05) is 48.5 Å². The van der Waals surface area contributed by atoms with E-state index in [4.69, 9.17) is 21.1 Å². The van der Waals surface area contributed by atoms with Crippen LogP contribution in [0.5, 0.6) is 5.75 Å². The largest absolute Gasteiger partial charge is 0.493 e. The first-order chi connectivity index (χ1) is 24.3. The fraction of sp³-hybridized carbons (Fsp3) is 0.325. The minimum absolute atomic E-state index is 0.0811. The van der Waals surface area contributed by atoms with Crippen molar-refractivity contribution in [3.8, 4) is 5.75 Å². The number of rotatable bonds is 15. The van der Waals surface area contributed by atoms with Crippen LogP contribution >= 0.6 is 11.6 Å². The molecule has 6 rings (SSSR count). The summed E-state index contributed by atoms with van der Waals surface area (Å²) in [5.41, 5.74) is 5.75. The predicted octanol–water partition coefficient (Wildman–Crippen LogP) is 7.29. The Labute approximate surface area is 300 Å². The molecule has 1 fully saturated rings. The van der Waals surface area contributed by atoms with E-state index in [0.29, 0.717) is 42.3 Å². The van der Waals surface area contributed by atoms with Crippen LogP contribution < -0.4 is 9.46 Å². The molecule has 0 aliphatic carbocycles. The second-order valence-electron chi connectivity index (χ2n) is 12.7. The van der Waals surface area contributed by atoms with Crippen molar-refractivity contribution in [2.75, 3.05) is 45.6 Å². The van der Waals surface area contributed by atoms with Crippen LogP contribution in [-0.2, 0) is 27.6 Å². The van der Waals surface area contributed by atoms with Gasteiger partial charge in [-0.1, -0.05) is 78.7 Å². The normalized spacial score (nSPS) is 13.9. The topological polar surface area (TPSA) is 89.9 Å². The first-order valence-corrected chi connectivity index (χ1v) is 19.3. The van der Waals surface area contributed by atoms with Gasteiger partial charge >= 0.3 is 5.97 Å². The highest BCUT2D eigenvalue weighted by molar-refractivity contribution is 7.89. The van der Waals surface area contributed by atoms with Gasteiger partial charge in [0.2, 0.25) is 10.0 Å². The Balaban J connectivity index is 1.35. The molecule has 1 N–H and O–H groups in total. The summed E-state index contributed by atoms with van der Waals surface area (Å²) in [5.74, 6) is 0.311. The van der Waals surface area contributed by atoms with Crippen molar-refractivity contribution < 1.29 is 22.7 Å². The number of sulfonamides is 1. The fourth-order valence-electron chi connectivity index (χ4n) is 6.92. The summed E-state index contributed by atoms with van der Waals surface area (Å²) < 4.78 is 42.7. The maximum absolute atomic E-state index is 13.2. The number of methoxy groups -OCH3 is 1. The molecule has 1 aliphatic heterocycles. The number of hydrogen-bond donors (Lipinski definition) is 1. The summed E-state index contributed by atoms with van der Waals surface area (Å²) in [6.45, 7) is 3.07. The number of hydrogen-bond acceptors (Lipinski definition) is 6. The van der Waals surface area contributed by atoms with Crippen molar-refractivity contribution in [2.45, 2.75) is 38.1 Å². The summed E-state index contributed by atoms with van der Waals surface area (Å²) >= 11 is 6.64. The lowest BCUT2D eigenvalue weighted by Crippen LogP contribution is -2.37. The molecule has 0 spiro atoms. The van der Waals surface area contributed by atoms with Crippen LogP contribution in [0.15, 0.2) is 103 Å². The number of carbonyl (C=O) groups is 1. The molecule has 0 unspecified atom stereocenters. The number of fused-ring (bicyclic) bond motifs is 1. The predicted molar refractivity (Wildman–Crippen MR) is 200 cm³/mol. The third-order valence-electron chi connectivity index (χ3n) is 9.38. The molecule has 0 atom stereocenters. The van der Waals surface area contributed by atoms with E-state index in [0.717, 1.165) is 59.2 Å². The van der Waals surface area contributed by atoms with Gasteiger partial charge in [0.25, 0.3) is 0 Å². The van der Waals surface area contributed by atoms with Crippen molar-refractivity contribution in [3.63, 3.8) is 0 Å². The minimum Gasteiger partial charge on any atom is -0.493 e. The zero-order valence-corrected chi connectivity index (χ0v) is 30.0. The molecule has 0 saturated carbocycles. The van der Waals surface area contributed by atoms with Crippen molar-refractivity contribution >= 4 is 38.5 Å². The number of benzene rings is 4. The van der Waals surface area contributed by atoms with Gasteiger partial charge in [0, 0.05) is 47.6 Å². The van der Waals surface area contributed by atoms with Gasteiger partial charge in [0.1, 0.15) is 5.75 Å². The molecule has 8 nitrogen and oxygen atoms in total. The highest BCUT2D eigenvalue weighted by atomic mass is 35.5. The first-order valence-electron chi connectivity index (χ1n) is 17.2. The van der Waals surface area contributed by atoms with Gasteiger partial charge in [-0.05, 0) is 85.1 Å². The minimum atomic E-state index is -3.48. The molecule has 1 saturated heterocycles. The zero-order valence-electron chi connectivity index (χ0n) is 28.4. The number of ether oxygens (including phenoxy) is 2. The van der Waals surface area contributed by atoms with E-state index in [1.165, 1.54) is 13.5 Å². The van der Waals surface area contributed by atoms with Crippen LogP contribution in [0.25, 0.3) is 10.9 Å². The highest BCUT2D eigenvalue weighted by Gasteiger charge is 2.26. The summed E-state index contributed by atoms with van der Waals surface area (Å²) in [4.78, 5) is 14.2. The van der Waals surface area contributed by atoms with Crippen LogP contribution in [0, 0.1) is 0 Å². The van der Waals surface area contributed by atoms with Crippen LogP contribution in [0.2, 0.25) is 5.02 Å². The smallest absolute Gasteiger partial charge is 0.337 e. The number of aromatic nitrogens is 1. The number of carbonyl (C=O) groups excluding carboxylic acids is 1. The average Bonchev–Trinajstić information content (AvgIpc) is 3.43. The molecule has 50 heavy (non-hydrogen) atoms. The Bertz CT molecular complexity index is 1940. The van der Waals surface area contributed by atoms with Crippen molar-refractivity contribution in [1.29, 1.82) is 0 Å². The van der Waals surface area contributed by atoms with Gasteiger partial charge in [-0.25, -0.2) is 17.9 Å². The highest BCUT2D eigenvalue weighted by Crippen LogP contribution is 2.37. The number of halogens is 1. The molecule has 2 heterocycles. The first kappa shape index (κ1) is 35.7. The summed E-state index contributed by atoms with van der Waals surface area (Å²) in [5, 5.41) is 1.62. The van der Waals surface area contributed by atoms with Gasteiger partial charge in [-0.3, -0.25) is 0 Å². The van der Waals surface area contributed by atoms with Crippen LogP contribution in [0.1, 0.15) is 58.0 Å². The molecule has 1 aromatic heterocycles. The van der Waals surface area contributed by atoms with E-state index in [1.54, 1.807) is 24.3 Å². The Morgan fingerprint density at radius 2 is 1.52 bits per heavy atom. The Morgan fingerprint density at radius 1 is 0.860 bits per heavy atom. The van der Waals surface area contributed by atoms with E-state index in [2.05, 4.69) is 44.5 Å². The second-order valence-corrected chi connectivity index (χ2v) is 15.0. The summed E-state index contributed by atoms with van der Waals surface area (Å²) in [7, 11) is -2.13. The maximum Gasteiger partial charge on any atom is 0.337 e. The molecular weight excluding hydrogens is 670 g/mol. The summed E-state index contributed by atoms with van der Waals surface area (Å²) in [6.07, 6.45) is 4.47. The van der Waals surface area contributed by atoms with Crippen LogP contribution in [0.4, 0.5) is 0 Å². The fourth-order valence-corrected chi connectivity index (χ4v) is 8.15. The van der Waals surface area contributed by atoms with E-state index in [9.17, 15) is 13.2 Å². The third kappa shape index (κ3) is 8.76. The molecule has 0 radical (unpaired) electrons. The van der Waals surface area contributed by atoms with Crippen LogP contribution in [0.3, 0.4) is 0 Å². The lowest BCUT2D eigenvalue weighted by Gasteiger charge is -2.26. The van der Waals surface area contributed by atoms with Crippen molar-refractivity contribution in [1.82, 2.24) is 14.2 Å². The number of piperidine rings is 1. The molecule has 0 amide bonds. The molecule has 1 aliphatic rings. The number of nitrogens with one attached hydrogen (secondary N) is 1. The Morgan fingerprint density at radius 3 is 2.16 bits per heavy atom. The van der Waals surface area contributed by atoms with Gasteiger partial charge < -0.3 is 18.9 Å². The van der Waals surface area contributed by atoms with E-state index >= 15 is 0 Å².